The summed E-state index contributed by atoms with van der Waals surface area (Å²) in [6.45, 7) is 6.00. The van der Waals surface area contributed by atoms with Gasteiger partial charge < -0.3 is 14.7 Å². The lowest BCUT2D eigenvalue weighted by molar-refractivity contribution is 0.0683. The van der Waals surface area contributed by atoms with Crippen LogP contribution in [-0.4, -0.2) is 46.1 Å². The number of piperidine rings is 1. The largest absolute Gasteiger partial charge is 0.339 e. The lowest BCUT2D eigenvalue weighted by Gasteiger charge is -2.35. The van der Waals surface area contributed by atoms with Gasteiger partial charge in [0, 0.05) is 30.9 Å². The predicted molar refractivity (Wildman–Crippen MR) is 95.7 cm³/mol. The quantitative estimate of drug-likeness (QED) is 0.928. The van der Waals surface area contributed by atoms with Crippen LogP contribution in [0.25, 0.3) is 11.1 Å². The molecule has 2 bridgehead atoms. The summed E-state index contributed by atoms with van der Waals surface area (Å²) in [7, 11) is 1.93. The summed E-state index contributed by atoms with van der Waals surface area (Å²) in [5.41, 5.74) is 2.72. The molecule has 2 saturated heterocycles. The Balaban J connectivity index is 1.70. The van der Waals surface area contributed by atoms with Gasteiger partial charge in [-0.3, -0.25) is 4.79 Å². The highest BCUT2D eigenvalue weighted by Gasteiger charge is 2.37. The van der Waals surface area contributed by atoms with E-state index in [-0.39, 0.29) is 17.9 Å². The maximum atomic E-state index is 13.3. The second-order valence-electron chi connectivity index (χ2n) is 7.89. The van der Waals surface area contributed by atoms with E-state index in [1.54, 1.807) is 0 Å². The van der Waals surface area contributed by atoms with E-state index in [2.05, 4.69) is 29.3 Å². The number of fused-ring (bicyclic) bond motifs is 3. The number of nitrogens with one attached hydrogen (secondary N) is 1. The van der Waals surface area contributed by atoms with Gasteiger partial charge in [0.05, 0.1) is 16.6 Å². The molecule has 4 rings (SSSR count). The average Bonchev–Trinajstić information content (AvgIpc) is 3.15. The van der Waals surface area contributed by atoms with Gasteiger partial charge >= 0.3 is 0 Å². The molecule has 1 N–H and O–H groups in total. The maximum absolute atomic E-state index is 13.3. The first-order valence-corrected chi connectivity index (χ1v) is 9.24. The molecule has 2 aliphatic rings. The number of nitrogens with zero attached hydrogens (tertiary/aromatic N) is 3. The van der Waals surface area contributed by atoms with E-state index in [1.165, 1.54) is 12.8 Å². The first kappa shape index (κ1) is 16.5. The molecular formula is C19H26N4O2. The van der Waals surface area contributed by atoms with E-state index in [0.717, 1.165) is 29.6 Å². The molecule has 0 aliphatic carbocycles. The van der Waals surface area contributed by atoms with Crippen molar-refractivity contribution in [2.75, 3.05) is 7.05 Å². The third-order valence-corrected chi connectivity index (χ3v) is 5.69. The highest BCUT2D eigenvalue weighted by Crippen LogP contribution is 2.32. The van der Waals surface area contributed by atoms with Gasteiger partial charge in [0.1, 0.15) is 0 Å². The van der Waals surface area contributed by atoms with Gasteiger partial charge in [-0.05, 0) is 44.6 Å². The molecule has 2 unspecified atom stereocenters. The second-order valence-corrected chi connectivity index (χ2v) is 7.89. The minimum absolute atomic E-state index is 0.0481. The molecule has 0 spiro atoms. The monoisotopic (exact) mass is 342 g/mol. The van der Waals surface area contributed by atoms with E-state index in [9.17, 15) is 4.79 Å². The summed E-state index contributed by atoms with van der Waals surface area (Å²) in [5, 5.41) is 8.58. The standard InChI is InChI=1S/C19H26N4O2/c1-10(2)17-16-15(7-11(3)20-18(16)25-22-17)19(24)23(4)14-8-12-5-6-13(9-14)21-12/h7,10,12-14,21H,5-6,8-9H2,1-4H3. The fourth-order valence-electron chi connectivity index (χ4n) is 4.36. The van der Waals surface area contributed by atoms with E-state index >= 15 is 0 Å². The van der Waals surface area contributed by atoms with Crippen LogP contribution in [0.2, 0.25) is 0 Å². The number of amides is 1. The van der Waals surface area contributed by atoms with Crippen LogP contribution in [0.1, 0.15) is 67.2 Å². The Kier molecular flexibility index (Phi) is 4.02. The maximum Gasteiger partial charge on any atom is 0.259 e. The second kappa shape index (κ2) is 6.09. The van der Waals surface area contributed by atoms with Crippen molar-refractivity contribution in [1.29, 1.82) is 0 Å². The molecule has 2 aromatic heterocycles. The zero-order valence-electron chi connectivity index (χ0n) is 15.4. The molecule has 25 heavy (non-hydrogen) atoms. The molecule has 0 saturated carbocycles. The highest BCUT2D eigenvalue weighted by molar-refractivity contribution is 6.06. The molecule has 6 heteroatoms. The minimum atomic E-state index is 0.0481. The summed E-state index contributed by atoms with van der Waals surface area (Å²) >= 11 is 0. The summed E-state index contributed by atoms with van der Waals surface area (Å²) in [6, 6.07) is 3.28. The van der Waals surface area contributed by atoms with Gasteiger partial charge in [0.2, 0.25) is 0 Å². The molecular weight excluding hydrogens is 316 g/mol. The molecule has 2 fully saturated rings. The van der Waals surface area contributed by atoms with Crippen LogP contribution in [0.4, 0.5) is 0 Å². The Morgan fingerprint density at radius 1 is 1.32 bits per heavy atom. The molecule has 134 valence electrons. The zero-order valence-corrected chi connectivity index (χ0v) is 15.4. The van der Waals surface area contributed by atoms with Crippen molar-refractivity contribution in [2.45, 2.75) is 70.5 Å². The number of rotatable bonds is 3. The van der Waals surface area contributed by atoms with E-state index in [4.69, 9.17) is 4.52 Å². The smallest absolute Gasteiger partial charge is 0.259 e. The number of hydrogen-bond acceptors (Lipinski definition) is 5. The van der Waals surface area contributed by atoms with Gasteiger partial charge in [0.15, 0.2) is 0 Å². The number of carbonyl (C=O) groups is 1. The van der Waals surface area contributed by atoms with Crippen molar-refractivity contribution in [3.8, 4) is 0 Å². The van der Waals surface area contributed by atoms with E-state index in [1.807, 2.05) is 24.9 Å². The van der Waals surface area contributed by atoms with Crippen molar-refractivity contribution in [1.82, 2.24) is 20.4 Å². The summed E-state index contributed by atoms with van der Waals surface area (Å²) in [6.07, 6.45) is 4.52. The third kappa shape index (κ3) is 2.82. The summed E-state index contributed by atoms with van der Waals surface area (Å²) < 4.78 is 5.41. The molecule has 1 amide bonds. The van der Waals surface area contributed by atoms with Crippen LogP contribution in [0.15, 0.2) is 10.6 Å². The molecule has 6 nitrogen and oxygen atoms in total. The average molecular weight is 342 g/mol. The minimum Gasteiger partial charge on any atom is -0.339 e. The Bertz CT molecular complexity index is 801. The normalized spacial score (nSPS) is 25.7. The lowest BCUT2D eigenvalue weighted by atomic mass is 9.97. The number of aromatic nitrogens is 2. The topological polar surface area (TPSA) is 71.3 Å². The molecule has 0 aromatic carbocycles. The first-order chi connectivity index (χ1) is 11.9. The van der Waals surface area contributed by atoms with Crippen LogP contribution in [-0.2, 0) is 0 Å². The Morgan fingerprint density at radius 3 is 2.64 bits per heavy atom. The van der Waals surface area contributed by atoms with E-state index < -0.39 is 0 Å². The van der Waals surface area contributed by atoms with Crippen molar-refractivity contribution in [2.24, 2.45) is 0 Å². The Morgan fingerprint density at radius 2 is 2.00 bits per heavy atom. The van der Waals surface area contributed by atoms with Crippen molar-refractivity contribution < 1.29 is 9.32 Å². The summed E-state index contributed by atoms with van der Waals surface area (Å²) in [5.74, 6) is 0.226. The van der Waals surface area contributed by atoms with Gasteiger partial charge in [-0.15, -0.1) is 0 Å². The fourth-order valence-corrected chi connectivity index (χ4v) is 4.36. The Hall–Kier alpha value is -1.95. The first-order valence-electron chi connectivity index (χ1n) is 9.24. The zero-order chi connectivity index (χ0) is 17.7. The van der Waals surface area contributed by atoms with Crippen LogP contribution in [0.5, 0.6) is 0 Å². The molecule has 2 aromatic rings. The van der Waals surface area contributed by atoms with Gasteiger partial charge in [-0.2, -0.15) is 0 Å². The summed E-state index contributed by atoms with van der Waals surface area (Å²) in [4.78, 5) is 19.7. The number of aryl methyl sites for hydroxylation is 1. The molecule has 4 heterocycles. The van der Waals surface area contributed by atoms with Crippen LogP contribution >= 0.6 is 0 Å². The van der Waals surface area contributed by atoms with Crippen molar-refractivity contribution in [3.05, 3.63) is 23.0 Å². The molecule has 2 aliphatic heterocycles. The van der Waals surface area contributed by atoms with Crippen LogP contribution in [0, 0.1) is 6.92 Å². The van der Waals surface area contributed by atoms with Gasteiger partial charge in [-0.1, -0.05) is 19.0 Å². The highest BCUT2D eigenvalue weighted by atomic mass is 16.5. The van der Waals surface area contributed by atoms with Crippen LogP contribution < -0.4 is 5.32 Å². The lowest BCUT2D eigenvalue weighted by Crippen LogP contribution is -2.48. The fraction of sp³-hybridized carbons (Fsp3) is 0.632. The van der Waals surface area contributed by atoms with Gasteiger partial charge in [0.25, 0.3) is 11.6 Å². The van der Waals surface area contributed by atoms with E-state index in [0.29, 0.717) is 23.4 Å². The number of hydrogen-bond donors (Lipinski definition) is 1. The third-order valence-electron chi connectivity index (χ3n) is 5.69. The van der Waals surface area contributed by atoms with Crippen molar-refractivity contribution >= 4 is 17.0 Å². The van der Waals surface area contributed by atoms with Crippen molar-refractivity contribution in [3.63, 3.8) is 0 Å². The predicted octanol–water partition coefficient (Wildman–Crippen LogP) is 3.01. The van der Waals surface area contributed by atoms with Gasteiger partial charge in [-0.25, -0.2) is 4.98 Å². The number of pyridine rings is 1. The Labute approximate surface area is 148 Å². The molecule has 0 radical (unpaired) electrons. The van der Waals surface area contributed by atoms with Crippen LogP contribution in [0.3, 0.4) is 0 Å². The number of carbonyl (C=O) groups excluding carboxylic acids is 1. The molecule has 2 atom stereocenters. The SMILES string of the molecule is Cc1cc(C(=O)N(C)C2CC3CCC(C2)N3)c2c(C(C)C)noc2n1.